The molecule has 1 aromatic carbocycles. The van der Waals surface area contributed by atoms with Gasteiger partial charge in [-0.05, 0) is 12.1 Å². The molecule has 0 radical (unpaired) electrons. The molecule has 2 rings (SSSR count). The van der Waals surface area contributed by atoms with Crippen LogP contribution >= 0.6 is 12.4 Å². The molecule has 146 valence electrons. The second-order valence-corrected chi connectivity index (χ2v) is 5.47. The minimum Gasteiger partial charge on any atom is -0.350 e. The van der Waals surface area contributed by atoms with Gasteiger partial charge in [0, 0.05) is 32.7 Å². The summed E-state index contributed by atoms with van der Waals surface area (Å²) in [5.41, 5.74) is -1.30. The van der Waals surface area contributed by atoms with Gasteiger partial charge in [0.15, 0.2) is 0 Å². The lowest BCUT2D eigenvalue weighted by atomic mass is 10.1. The molecule has 1 unspecified atom stereocenters. The standard InChI is InChI=1S/C14H16F4N4O3.ClH/c15-9-1-2-10(11(7-9)22(24)25)13(23)20-8-12(14(16,17)18)21-5-3-19-4-6-21;/h1-2,7,12,19H,3-6,8H2,(H,20,23);1H. The summed E-state index contributed by atoms with van der Waals surface area (Å²) in [6, 6.07) is 0.348. The molecular weight excluding hydrogens is 384 g/mol. The summed E-state index contributed by atoms with van der Waals surface area (Å²) in [5.74, 6) is -1.98. The Morgan fingerprint density at radius 3 is 2.50 bits per heavy atom. The molecule has 7 nitrogen and oxygen atoms in total. The molecule has 2 N–H and O–H groups in total. The van der Waals surface area contributed by atoms with Crippen LogP contribution in [0.5, 0.6) is 0 Å². The zero-order chi connectivity index (χ0) is 18.6. The van der Waals surface area contributed by atoms with Gasteiger partial charge >= 0.3 is 6.18 Å². The van der Waals surface area contributed by atoms with Crippen molar-refractivity contribution in [2.45, 2.75) is 12.2 Å². The number of benzene rings is 1. The highest BCUT2D eigenvalue weighted by atomic mass is 35.5. The number of nitro groups is 1. The quantitative estimate of drug-likeness (QED) is 0.446. The second-order valence-electron chi connectivity index (χ2n) is 5.47. The smallest absolute Gasteiger partial charge is 0.350 e. The Labute approximate surface area is 152 Å². The fourth-order valence-corrected chi connectivity index (χ4v) is 2.58. The van der Waals surface area contributed by atoms with E-state index in [0.29, 0.717) is 19.2 Å². The molecule has 1 aromatic rings. The van der Waals surface area contributed by atoms with Crippen LogP contribution in [0.1, 0.15) is 10.4 Å². The number of alkyl halides is 3. The van der Waals surface area contributed by atoms with Crippen LogP contribution in [0.25, 0.3) is 0 Å². The molecule has 0 saturated carbocycles. The number of carbonyl (C=O) groups excluding carboxylic acids is 1. The number of rotatable bonds is 5. The Bertz CT molecular complexity index is 654. The van der Waals surface area contributed by atoms with E-state index in [1.807, 2.05) is 0 Å². The number of carbonyl (C=O) groups is 1. The first-order valence-electron chi connectivity index (χ1n) is 7.44. The van der Waals surface area contributed by atoms with Crippen LogP contribution in [-0.2, 0) is 0 Å². The molecule has 1 atom stereocenters. The molecule has 1 heterocycles. The van der Waals surface area contributed by atoms with Crippen molar-refractivity contribution in [1.29, 1.82) is 0 Å². The van der Waals surface area contributed by atoms with E-state index >= 15 is 0 Å². The van der Waals surface area contributed by atoms with E-state index < -0.39 is 46.7 Å². The summed E-state index contributed by atoms with van der Waals surface area (Å²) in [6.07, 6.45) is -4.57. The van der Waals surface area contributed by atoms with E-state index in [1.165, 1.54) is 4.90 Å². The summed E-state index contributed by atoms with van der Waals surface area (Å²) >= 11 is 0. The lowest BCUT2D eigenvalue weighted by molar-refractivity contribution is -0.385. The van der Waals surface area contributed by atoms with Crippen LogP contribution in [0.2, 0.25) is 0 Å². The zero-order valence-electron chi connectivity index (χ0n) is 13.4. The molecule has 1 saturated heterocycles. The largest absolute Gasteiger partial charge is 0.405 e. The second kappa shape index (κ2) is 9.10. The van der Waals surface area contributed by atoms with Gasteiger partial charge in [0.05, 0.1) is 11.0 Å². The Hall–Kier alpha value is -1.98. The lowest BCUT2D eigenvalue weighted by Crippen LogP contribution is -2.57. The zero-order valence-corrected chi connectivity index (χ0v) is 14.2. The predicted molar refractivity (Wildman–Crippen MR) is 86.9 cm³/mol. The predicted octanol–water partition coefficient (Wildman–Crippen LogP) is 1.72. The first-order valence-corrected chi connectivity index (χ1v) is 7.44. The van der Waals surface area contributed by atoms with E-state index in [9.17, 15) is 32.5 Å². The Balaban J connectivity index is 0.00000338. The molecular formula is C14H17ClF4N4O3. The third kappa shape index (κ3) is 5.51. The van der Waals surface area contributed by atoms with Gasteiger partial charge in [-0.1, -0.05) is 0 Å². The summed E-state index contributed by atoms with van der Waals surface area (Å²) in [5, 5.41) is 15.9. The first kappa shape index (κ1) is 22.1. The third-order valence-electron chi connectivity index (χ3n) is 3.83. The summed E-state index contributed by atoms with van der Waals surface area (Å²) < 4.78 is 52.8. The average molecular weight is 401 g/mol. The highest BCUT2D eigenvalue weighted by Crippen LogP contribution is 2.25. The molecule has 0 aliphatic carbocycles. The van der Waals surface area contributed by atoms with Crippen molar-refractivity contribution < 1.29 is 27.3 Å². The number of nitrogens with one attached hydrogen (secondary N) is 2. The van der Waals surface area contributed by atoms with Crippen LogP contribution in [0.3, 0.4) is 0 Å². The molecule has 1 aliphatic heterocycles. The lowest BCUT2D eigenvalue weighted by Gasteiger charge is -2.35. The van der Waals surface area contributed by atoms with Gasteiger partial charge < -0.3 is 10.6 Å². The number of halogens is 5. The normalized spacial score (nSPS) is 16.5. The SMILES string of the molecule is Cl.O=C(NCC(N1CCNCC1)C(F)(F)F)c1ccc(F)cc1[N+](=O)[O-]. The van der Waals surface area contributed by atoms with Gasteiger partial charge in [-0.25, -0.2) is 4.39 Å². The van der Waals surface area contributed by atoms with E-state index in [1.54, 1.807) is 0 Å². The van der Waals surface area contributed by atoms with Crippen molar-refractivity contribution in [2.24, 2.45) is 0 Å². The minimum atomic E-state index is -4.57. The fraction of sp³-hybridized carbons (Fsp3) is 0.500. The van der Waals surface area contributed by atoms with Crippen molar-refractivity contribution in [2.75, 3.05) is 32.7 Å². The van der Waals surface area contributed by atoms with Crippen LogP contribution < -0.4 is 10.6 Å². The van der Waals surface area contributed by atoms with Gasteiger partial charge in [0.25, 0.3) is 11.6 Å². The molecule has 1 fully saturated rings. The minimum absolute atomic E-state index is 0. The maximum absolute atomic E-state index is 13.2. The Morgan fingerprint density at radius 2 is 1.96 bits per heavy atom. The van der Waals surface area contributed by atoms with E-state index in [4.69, 9.17) is 0 Å². The summed E-state index contributed by atoms with van der Waals surface area (Å²) in [7, 11) is 0. The number of hydrogen-bond acceptors (Lipinski definition) is 5. The highest BCUT2D eigenvalue weighted by Gasteiger charge is 2.44. The molecule has 12 heteroatoms. The van der Waals surface area contributed by atoms with E-state index in [2.05, 4.69) is 10.6 Å². The molecule has 26 heavy (non-hydrogen) atoms. The molecule has 1 amide bonds. The number of hydrogen-bond donors (Lipinski definition) is 2. The Kier molecular flexibility index (Phi) is 7.72. The maximum atomic E-state index is 13.2. The van der Waals surface area contributed by atoms with Gasteiger partial charge in [-0.3, -0.25) is 19.8 Å². The van der Waals surface area contributed by atoms with Gasteiger partial charge in [-0.15, -0.1) is 12.4 Å². The van der Waals surface area contributed by atoms with Crippen molar-refractivity contribution in [3.8, 4) is 0 Å². The molecule has 0 aromatic heterocycles. The third-order valence-corrected chi connectivity index (χ3v) is 3.83. The number of amides is 1. The van der Waals surface area contributed by atoms with Crippen LogP contribution in [-0.4, -0.2) is 60.7 Å². The van der Waals surface area contributed by atoms with E-state index in [0.717, 1.165) is 12.1 Å². The number of nitrogens with zero attached hydrogens (tertiary/aromatic N) is 2. The summed E-state index contributed by atoms with van der Waals surface area (Å²) in [6.45, 7) is 0.359. The van der Waals surface area contributed by atoms with Crippen LogP contribution in [0, 0.1) is 15.9 Å². The van der Waals surface area contributed by atoms with Crippen LogP contribution in [0.4, 0.5) is 23.2 Å². The van der Waals surface area contributed by atoms with Crippen molar-refractivity contribution in [1.82, 2.24) is 15.5 Å². The molecule has 0 bridgehead atoms. The van der Waals surface area contributed by atoms with Crippen molar-refractivity contribution in [3.05, 3.63) is 39.7 Å². The van der Waals surface area contributed by atoms with Gasteiger partial charge in [0.1, 0.15) is 17.4 Å². The average Bonchev–Trinajstić information content (AvgIpc) is 2.54. The molecule has 1 aliphatic rings. The number of piperazine rings is 1. The van der Waals surface area contributed by atoms with Crippen LogP contribution in [0.15, 0.2) is 18.2 Å². The van der Waals surface area contributed by atoms with Crippen molar-refractivity contribution in [3.63, 3.8) is 0 Å². The Morgan fingerprint density at radius 1 is 1.35 bits per heavy atom. The maximum Gasteiger partial charge on any atom is 0.405 e. The van der Waals surface area contributed by atoms with Gasteiger partial charge in [-0.2, -0.15) is 13.2 Å². The van der Waals surface area contributed by atoms with Gasteiger partial charge in [0.2, 0.25) is 0 Å². The summed E-state index contributed by atoms with van der Waals surface area (Å²) in [4.78, 5) is 23.2. The fourth-order valence-electron chi connectivity index (χ4n) is 2.58. The van der Waals surface area contributed by atoms with Crippen molar-refractivity contribution >= 4 is 24.0 Å². The monoisotopic (exact) mass is 400 g/mol. The highest BCUT2D eigenvalue weighted by molar-refractivity contribution is 5.98. The molecule has 0 spiro atoms. The first-order chi connectivity index (χ1) is 11.7. The van der Waals surface area contributed by atoms with E-state index in [-0.39, 0.29) is 25.5 Å². The number of nitro benzene ring substituents is 1. The topological polar surface area (TPSA) is 87.5 Å².